The van der Waals surface area contributed by atoms with Gasteiger partial charge in [-0.3, -0.25) is 4.79 Å². The highest BCUT2D eigenvalue weighted by Gasteiger charge is 2.22. The maximum absolute atomic E-state index is 12.0. The molecule has 1 aliphatic heterocycles. The van der Waals surface area contributed by atoms with Gasteiger partial charge in [-0.05, 0) is 52.9 Å². The second-order valence-electron chi connectivity index (χ2n) is 4.87. The van der Waals surface area contributed by atoms with Crippen molar-refractivity contribution < 1.29 is 14.6 Å². The standard InChI is InChI=1S/C14H17BrClNO3/c15-12-7-11(16)1-2-13(12)20-9-14(19)17-5-3-10(8-18)4-6-17/h1-2,7,10,18H,3-6,8-9H2. The Morgan fingerprint density at radius 1 is 1.45 bits per heavy atom. The van der Waals surface area contributed by atoms with Gasteiger partial charge in [-0.1, -0.05) is 11.6 Å². The SMILES string of the molecule is O=C(COc1ccc(Cl)cc1Br)N1CCC(CO)CC1. The van der Waals surface area contributed by atoms with Gasteiger partial charge in [0.1, 0.15) is 5.75 Å². The first-order valence-corrected chi connectivity index (χ1v) is 7.73. The van der Waals surface area contributed by atoms with E-state index in [-0.39, 0.29) is 19.1 Å². The Bertz CT molecular complexity index is 475. The van der Waals surface area contributed by atoms with E-state index >= 15 is 0 Å². The topological polar surface area (TPSA) is 49.8 Å². The van der Waals surface area contributed by atoms with Gasteiger partial charge in [-0.15, -0.1) is 0 Å². The number of likely N-dealkylation sites (tertiary alicyclic amines) is 1. The highest BCUT2D eigenvalue weighted by Crippen LogP contribution is 2.28. The fourth-order valence-corrected chi connectivity index (χ4v) is 2.99. The van der Waals surface area contributed by atoms with Crippen LogP contribution in [0.2, 0.25) is 5.02 Å². The van der Waals surface area contributed by atoms with Gasteiger partial charge < -0.3 is 14.7 Å². The Morgan fingerprint density at radius 2 is 2.15 bits per heavy atom. The van der Waals surface area contributed by atoms with E-state index in [0.717, 1.165) is 17.3 Å². The molecule has 1 aliphatic rings. The van der Waals surface area contributed by atoms with Crippen molar-refractivity contribution in [2.45, 2.75) is 12.8 Å². The Morgan fingerprint density at radius 3 is 2.75 bits per heavy atom. The molecule has 0 aliphatic carbocycles. The number of benzene rings is 1. The second-order valence-corrected chi connectivity index (χ2v) is 6.16. The summed E-state index contributed by atoms with van der Waals surface area (Å²) in [6.45, 7) is 1.60. The number of hydrogen-bond acceptors (Lipinski definition) is 3. The number of piperidine rings is 1. The van der Waals surface area contributed by atoms with Crippen molar-refractivity contribution in [3.05, 3.63) is 27.7 Å². The van der Waals surface area contributed by atoms with Crippen LogP contribution in [0.5, 0.6) is 5.75 Å². The first kappa shape index (κ1) is 15.6. The van der Waals surface area contributed by atoms with E-state index in [1.165, 1.54) is 0 Å². The molecule has 1 aromatic carbocycles. The second kappa shape index (κ2) is 7.29. The Balaban J connectivity index is 1.83. The molecule has 1 fully saturated rings. The smallest absolute Gasteiger partial charge is 0.260 e. The number of carbonyl (C=O) groups is 1. The molecule has 0 bridgehead atoms. The molecule has 0 unspecified atom stereocenters. The number of rotatable bonds is 4. The lowest BCUT2D eigenvalue weighted by atomic mass is 9.98. The van der Waals surface area contributed by atoms with Crippen molar-refractivity contribution in [1.29, 1.82) is 0 Å². The maximum atomic E-state index is 12.0. The molecular weight excluding hydrogens is 346 g/mol. The van der Waals surface area contributed by atoms with Crippen LogP contribution >= 0.6 is 27.5 Å². The molecule has 0 radical (unpaired) electrons. The van der Waals surface area contributed by atoms with Gasteiger partial charge in [0.05, 0.1) is 4.47 Å². The summed E-state index contributed by atoms with van der Waals surface area (Å²) in [7, 11) is 0. The van der Waals surface area contributed by atoms with E-state index in [4.69, 9.17) is 21.4 Å². The minimum atomic E-state index is -0.0248. The van der Waals surface area contributed by atoms with Crippen LogP contribution in [0.3, 0.4) is 0 Å². The Hall–Kier alpha value is -0.780. The fraction of sp³-hybridized carbons (Fsp3) is 0.500. The van der Waals surface area contributed by atoms with Crippen molar-refractivity contribution in [2.24, 2.45) is 5.92 Å². The van der Waals surface area contributed by atoms with Crippen LogP contribution in [0.15, 0.2) is 22.7 Å². The molecule has 1 N–H and O–H groups in total. The van der Waals surface area contributed by atoms with Gasteiger partial charge in [-0.2, -0.15) is 0 Å². The van der Waals surface area contributed by atoms with Crippen molar-refractivity contribution in [3.8, 4) is 5.75 Å². The average molecular weight is 363 g/mol. The number of aliphatic hydroxyl groups is 1. The molecule has 20 heavy (non-hydrogen) atoms. The number of amides is 1. The quantitative estimate of drug-likeness (QED) is 0.896. The van der Waals surface area contributed by atoms with E-state index < -0.39 is 0 Å². The minimum absolute atomic E-state index is 0.0179. The minimum Gasteiger partial charge on any atom is -0.483 e. The third-order valence-corrected chi connectivity index (χ3v) is 4.33. The van der Waals surface area contributed by atoms with E-state index in [2.05, 4.69) is 15.9 Å². The first-order valence-electron chi connectivity index (χ1n) is 6.56. The highest BCUT2D eigenvalue weighted by atomic mass is 79.9. The summed E-state index contributed by atoms with van der Waals surface area (Å²) in [6.07, 6.45) is 1.71. The van der Waals surface area contributed by atoms with Crippen LogP contribution in [0, 0.1) is 5.92 Å². The molecular formula is C14H17BrClNO3. The Kier molecular flexibility index (Phi) is 5.69. The van der Waals surface area contributed by atoms with E-state index in [0.29, 0.717) is 29.8 Å². The van der Waals surface area contributed by atoms with Gasteiger partial charge in [0.15, 0.2) is 6.61 Å². The molecule has 2 rings (SSSR count). The third-order valence-electron chi connectivity index (χ3n) is 3.47. The fourth-order valence-electron chi connectivity index (χ4n) is 2.19. The largest absolute Gasteiger partial charge is 0.483 e. The molecule has 0 spiro atoms. The summed E-state index contributed by atoms with van der Waals surface area (Å²) < 4.78 is 6.25. The normalized spacial score (nSPS) is 16.2. The number of halogens is 2. The number of carbonyl (C=O) groups excluding carboxylic acids is 1. The average Bonchev–Trinajstić information content (AvgIpc) is 2.46. The Labute approximate surface area is 131 Å². The van der Waals surface area contributed by atoms with Crippen LogP contribution in [0.25, 0.3) is 0 Å². The summed E-state index contributed by atoms with van der Waals surface area (Å²) >= 11 is 9.20. The molecule has 110 valence electrons. The molecule has 0 saturated carbocycles. The molecule has 6 heteroatoms. The van der Waals surface area contributed by atoms with Crippen LogP contribution in [-0.4, -0.2) is 42.2 Å². The molecule has 0 atom stereocenters. The van der Waals surface area contributed by atoms with E-state index in [1.54, 1.807) is 23.1 Å². The lowest BCUT2D eigenvalue weighted by Gasteiger charge is -2.31. The maximum Gasteiger partial charge on any atom is 0.260 e. The van der Waals surface area contributed by atoms with Crippen molar-refractivity contribution >= 4 is 33.4 Å². The number of aliphatic hydroxyl groups excluding tert-OH is 1. The van der Waals surface area contributed by atoms with Crippen molar-refractivity contribution in [3.63, 3.8) is 0 Å². The molecule has 1 heterocycles. The van der Waals surface area contributed by atoms with Crippen LogP contribution in [0.4, 0.5) is 0 Å². The summed E-state index contributed by atoms with van der Waals surface area (Å²) in [5.74, 6) is 0.904. The number of nitrogens with zero attached hydrogens (tertiary/aromatic N) is 1. The van der Waals surface area contributed by atoms with E-state index in [9.17, 15) is 4.79 Å². The van der Waals surface area contributed by atoms with Gasteiger partial charge in [0.2, 0.25) is 0 Å². The zero-order valence-electron chi connectivity index (χ0n) is 11.0. The summed E-state index contributed by atoms with van der Waals surface area (Å²) in [6, 6.07) is 5.19. The van der Waals surface area contributed by atoms with Gasteiger partial charge in [0, 0.05) is 24.7 Å². The summed E-state index contributed by atoms with van der Waals surface area (Å²) in [5, 5.41) is 9.69. The molecule has 1 amide bonds. The summed E-state index contributed by atoms with van der Waals surface area (Å²) in [4.78, 5) is 13.8. The lowest BCUT2D eigenvalue weighted by molar-refractivity contribution is -0.135. The monoisotopic (exact) mass is 361 g/mol. The molecule has 1 saturated heterocycles. The predicted octanol–water partition coefficient (Wildman–Crippen LogP) is 2.71. The van der Waals surface area contributed by atoms with Crippen LogP contribution in [-0.2, 0) is 4.79 Å². The van der Waals surface area contributed by atoms with E-state index in [1.807, 2.05) is 0 Å². The zero-order chi connectivity index (χ0) is 14.5. The van der Waals surface area contributed by atoms with Crippen LogP contribution < -0.4 is 4.74 Å². The number of ether oxygens (including phenoxy) is 1. The highest BCUT2D eigenvalue weighted by molar-refractivity contribution is 9.10. The molecule has 0 aromatic heterocycles. The first-order chi connectivity index (χ1) is 9.60. The van der Waals surface area contributed by atoms with Crippen molar-refractivity contribution in [1.82, 2.24) is 4.90 Å². The van der Waals surface area contributed by atoms with Gasteiger partial charge >= 0.3 is 0 Å². The molecule has 1 aromatic rings. The predicted molar refractivity (Wildman–Crippen MR) is 81.0 cm³/mol. The zero-order valence-corrected chi connectivity index (χ0v) is 13.4. The number of hydrogen-bond donors (Lipinski definition) is 1. The van der Waals surface area contributed by atoms with Gasteiger partial charge in [-0.25, -0.2) is 0 Å². The van der Waals surface area contributed by atoms with Gasteiger partial charge in [0.25, 0.3) is 5.91 Å². The van der Waals surface area contributed by atoms with Crippen molar-refractivity contribution in [2.75, 3.05) is 26.3 Å². The van der Waals surface area contributed by atoms with Crippen LogP contribution in [0.1, 0.15) is 12.8 Å². The molecule has 4 nitrogen and oxygen atoms in total. The lowest BCUT2D eigenvalue weighted by Crippen LogP contribution is -2.41. The third kappa shape index (κ3) is 4.11. The summed E-state index contributed by atoms with van der Waals surface area (Å²) in [5.41, 5.74) is 0.